The van der Waals surface area contributed by atoms with E-state index in [9.17, 15) is 18.0 Å². The van der Waals surface area contributed by atoms with E-state index in [4.69, 9.17) is 10.5 Å². The summed E-state index contributed by atoms with van der Waals surface area (Å²) in [6.45, 7) is 0. The van der Waals surface area contributed by atoms with Crippen molar-refractivity contribution in [3.05, 3.63) is 58.9 Å². The molecule has 0 spiro atoms. The molecule has 0 bridgehead atoms. The van der Waals surface area contributed by atoms with Crippen LogP contribution in [0.3, 0.4) is 0 Å². The molecule has 6 rings (SSSR count). The van der Waals surface area contributed by atoms with Crippen LogP contribution in [-0.2, 0) is 0 Å². The highest BCUT2D eigenvalue weighted by atomic mass is 19.3. The minimum absolute atomic E-state index is 0.0685. The summed E-state index contributed by atoms with van der Waals surface area (Å²) in [5, 5.41) is 8.07. The van der Waals surface area contributed by atoms with Gasteiger partial charge in [-0.2, -0.15) is 5.10 Å². The van der Waals surface area contributed by atoms with Crippen molar-refractivity contribution in [1.29, 1.82) is 0 Å². The molecule has 0 aliphatic heterocycles. The van der Waals surface area contributed by atoms with Gasteiger partial charge in [-0.15, -0.1) is 0 Å². The number of pyridine rings is 2. The number of nitrogens with two attached hydrogens (primary N) is 1. The van der Waals surface area contributed by atoms with Crippen LogP contribution in [0.15, 0.2) is 47.5 Å². The smallest absolute Gasteiger partial charge is 0.272 e. The van der Waals surface area contributed by atoms with E-state index in [2.05, 4.69) is 20.2 Å². The summed E-state index contributed by atoms with van der Waals surface area (Å²) < 4.78 is 47.0. The second-order valence-corrected chi connectivity index (χ2v) is 8.20. The van der Waals surface area contributed by atoms with Crippen molar-refractivity contribution in [3.63, 3.8) is 0 Å². The molecule has 0 atom stereocenters. The summed E-state index contributed by atoms with van der Waals surface area (Å²) in [4.78, 5) is 19.9. The number of hydrogen-bond donors (Lipinski definition) is 3. The van der Waals surface area contributed by atoms with Crippen LogP contribution in [0.1, 0.15) is 12.8 Å². The predicted octanol–water partition coefficient (Wildman–Crippen LogP) is 4.52. The first-order valence-electron chi connectivity index (χ1n) is 10.2. The molecular weight excluding hydrogens is 435 g/mol. The average Bonchev–Trinajstić information content (AvgIpc) is 3.26. The fourth-order valence-corrected chi connectivity index (χ4v) is 4.46. The molecule has 2 aromatic carbocycles. The maximum Gasteiger partial charge on any atom is 0.272 e. The van der Waals surface area contributed by atoms with Gasteiger partial charge in [0.2, 0.25) is 0 Å². The van der Waals surface area contributed by atoms with Gasteiger partial charge in [0, 0.05) is 40.8 Å². The standard InChI is InChI=1S/C23H16F3N5O2/c24-15-4-3-11(14-9-29-31-20(14)15)17-13-6-16(33-10-7-23(25,26)8-10)21-12(2-1-5-28-21)19(13)30-22(32)18(17)27/h1-6,9-10H,7-8,27H2,(H,29,31)(H,30,32). The molecule has 4 N–H and O–H groups in total. The molecule has 0 saturated heterocycles. The molecule has 0 amide bonds. The fraction of sp³-hybridized carbons (Fsp3) is 0.174. The SMILES string of the molecule is Nc1c(-c2ccc(F)c3[nH]ncc23)c2cc(OC3CC(F)(F)C3)c3ncccc3c2[nH]c1=O. The van der Waals surface area contributed by atoms with Crippen molar-refractivity contribution < 1.29 is 17.9 Å². The van der Waals surface area contributed by atoms with Crippen LogP contribution >= 0.6 is 0 Å². The van der Waals surface area contributed by atoms with Gasteiger partial charge in [-0.1, -0.05) is 6.07 Å². The van der Waals surface area contributed by atoms with Gasteiger partial charge in [0.1, 0.15) is 34.4 Å². The Balaban J connectivity index is 1.67. The van der Waals surface area contributed by atoms with E-state index in [1.807, 2.05) is 0 Å². The minimum Gasteiger partial charge on any atom is -0.488 e. The first kappa shape index (κ1) is 19.6. The molecule has 10 heteroatoms. The van der Waals surface area contributed by atoms with Crippen molar-refractivity contribution in [2.75, 3.05) is 5.73 Å². The lowest BCUT2D eigenvalue weighted by molar-refractivity contribution is -0.134. The van der Waals surface area contributed by atoms with Gasteiger partial charge in [0.05, 0.1) is 11.7 Å². The lowest BCUT2D eigenvalue weighted by Crippen LogP contribution is -2.43. The van der Waals surface area contributed by atoms with Crippen LogP contribution in [0.5, 0.6) is 5.75 Å². The van der Waals surface area contributed by atoms with Crippen LogP contribution in [0, 0.1) is 5.82 Å². The highest BCUT2D eigenvalue weighted by molar-refractivity contribution is 6.15. The summed E-state index contributed by atoms with van der Waals surface area (Å²) in [5.41, 5.74) is 7.57. The molecule has 1 fully saturated rings. The number of H-pyrrole nitrogens is 2. The first-order valence-corrected chi connectivity index (χ1v) is 10.2. The third kappa shape index (κ3) is 2.94. The Morgan fingerprint density at radius 2 is 1.94 bits per heavy atom. The molecule has 3 aromatic heterocycles. The van der Waals surface area contributed by atoms with Crippen LogP contribution in [0.25, 0.3) is 43.8 Å². The summed E-state index contributed by atoms with van der Waals surface area (Å²) >= 11 is 0. The van der Waals surface area contributed by atoms with Crippen LogP contribution in [-0.4, -0.2) is 32.2 Å². The number of aromatic amines is 2. The third-order valence-electron chi connectivity index (χ3n) is 6.06. The molecule has 0 radical (unpaired) electrons. The molecule has 166 valence electrons. The Bertz CT molecular complexity index is 1630. The molecule has 33 heavy (non-hydrogen) atoms. The van der Waals surface area contributed by atoms with E-state index in [0.717, 1.165) is 0 Å². The fourth-order valence-electron chi connectivity index (χ4n) is 4.46. The minimum atomic E-state index is -2.74. The molecule has 1 aliphatic rings. The van der Waals surface area contributed by atoms with Gasteiger partial charge in [0.15, 0.2) is 0 Å². The van der Waals surface area contributed by atoms with E-state index in [1.54, 1.807) is 24.4 Å². The number of aromatic nitrogens is 4. The quantitative estimate of drug-likeness (QED) is 0.350. The van der Waals surface area contributed by atoms with E-state index in [0.29, 0.717) is 44.1 Å². The number of benzene rings is 2. The van der Waals surface area contributed by atoms with Gasteiger partial charge in [-0.05, 0) is 29.8 Å². The normalized spacial score (nSPS) is 15.8. The maximum atomic E-state index is 14.3. The number of nitrogens with zero attached hydrogens (tertiary/aromatic N) is 2. The van der Waals surface area contributed by atoms with E-state index < -0.39 is 23.4 Å². The maximum absolute atomic E-state index is 14.3. The second-order valence-electron chi connectivity index (χ2n) is 8.20. The molecule has 3 heterocycles. The van der Waals surface area contributed by atoms with Crippen molar-refractivity contribution in [2.45, 2.75) is 24.9 Å². The number of hydrogen-bond acceptors (Lipinski definition) is 5. The van der Waals surface area contributed by atoms with E-state index in [-0.39, 0.29) is 24.0 Å². The number of anilines is 1. The molecule has 0 unspecified atom stereocenters. The third-order valence-corrected chi connectivity index (χ3v) is 6.06. The van der Waals surface area contributed by atoms with Crippen molar-refractivity contribution in [1.82, 2.24) is 20.2 Å². The Labute approximate surface area is 183 Å². The Hall–Kier alpha value is -4.08. The summed E-state index contributed by atoms with van der Waals surface area (Å²) in [7, 11) is 0. The number of halogens is 3. The number of nitrogen functional groups attached to an aromatic ring is 1. The highest BCUT2D eigenvalue weighted by Gasteiger charge is 2.47. The number of nitrogens with one attached hydrogen (secondary N) is 2. The largest absolute Gasteiger partial charge is 0.488 e. The van der Waals surface area contributed by atoms with Crippen LogP contribution in [0.4, 0.5) is 18.9 Å². The number of rotatable bonds is 3. The second kappa shape index (κ2) is 6.71. The zero-order chi connectivity index (χ0) is 22.9. The molecule has 1 saturated carbocycles. The van der Waals surface area contributed by atoms with Crippen LogP contribution in [0.2, 0.25) is 0 Å². The van der Waals surface area contributed by atoms with E-state index >= 15 is 0 Å². The lowest BCUT2D eigenvalue weighted by Gasteiger charge is -2.35. The van der Waals surface area contributed by atoms with Gasteiger partial charge >= 0.3 is 0 Å². The summed E-state index contributed by atoms with van der Waals surface area (Å²) in [5.74, 6) is -2.94. The number of ether oxygens (including phenoxy) is 1. The van der Waals surface area contributed by atoms with Gasteiger partial charge < -0.3 is 15.5 Å². The van der Waals surface area contributed by atoms with Gasteiger partial charge in [-0.3, -0.25) is 14.9 Å². The molecule has 1 aliphatic carbocycles. The zero-order valence-electron chi connectivity index (χ0n) is 17.0. The van der Waals surface area contributed by atoms with Crippen LogP contribution < -0.4 is 16.0 Å². The zero-order valence-corrected chi connectivity index (χ0v) is 17.0. The van der Waals surface area contributed by atoms with Gasteiger partial charge in [-0.25, -0.2) is 13.2 Å². The average molecular weight is 451 g/mol. The van der Waals surface area contributed by atoms with E-state index in [1.165, 1.54) is 18.3 Å². The monoisotopic (exact) mass is 451 g/mol. The highest BCUT2D eigenvalue weighted by Crippen LogP contribution is 2.44. The Kier molecular flexibility index (Phi) is 3.98. The van der Waals surface area contributed by atoms with Crippen molar-refractivity contribution in [3.8, 4) is 16.9 Å². The number of fused-ring (bicyclic) bond motifs is 4. The first-order chi connectivity index (χ1) is 15.8. The van der Waals surface area contributed by atoms with Gasteiger partial charge in [0.25, 0.3) is 11.5 Å². The summed E-state index contributed by atoms with van der Waals surface area (Å²) in [6.07, 6.45) is 1.59. The predicted molar refractivity (Wildman–Crippen MR) is 118 cm³/mol. The molecule has 7 nitrogen and oxygen atoms in total. The topological polar surface area (TPSA) is 110 Å². The molecular formula is C23H16F3N5O2. The Morgan fingerprint density at radius 3 is 2.73 bits per heavy atom. The summed E-state index contributed by atoms with van der Waals surface area (Å²) in [6, 6.07) is 7.87. The lowest BCUT2D eigenvalue weighted by atomic mass is 9.90. The van der Waals surface area contributed by atoms with Crippen molar-refractivity contribution >= 4 is 38.4 Å². The number of alkyl halides is 2. The Morgan fingerprint density at radius 1 is 1.12 bits per heavy atom. The van der Waals surface area contributed by atoms with Crippen molar-refractivity contribution in [2.24, 2.45) is 0 Å². The molecule has 5 aromatic rings.